The number of ether oxygens (including phenoxy) is 2. The summed E-state index contributed by atoms with van der Waals surface area (Å²) in [5.74, 6) is 1.49. The molecule has 0 spiro atoms. The van der Waals surface area contributed by atoms with Gasteiger partial charge in [-0.05, 0) is 36.3 Å². The summed E-state index contributed by atoms with van der Waals surface area (Å²) in [6, 6.07) is 13.8. The Labute approximate surface area is 256 Å². The minimum absolute atomic E-state index is 0.0299. The molecule has 3 aliphatic rings. The number of morpholine rings is 1. The second-order valence-corrected chi connectivity index (χ2v) is 11.1. The SMILES string of the molecule is C=CC(=O)Nc1cc(Nc2cc(N3OCCC3c3cccc(Cl)c3)ncn2)c(OC)cc1N1CCC(N2CCOCC2)C1. The molecular weight excluding hydrogens is 570 g/mol. The fourth-order valence-corrected chi connectivity index (χ4v) is 6.17. The largest absolute Gasteiger partial charge is 0.494 e. The van der Waals surface area contributed by atoms with Gasteiger partial charge < -0.3 is 25.0 Å². The molecule has 43 heavy (non-hydrogen) atoms. The predicted octanol–water partition coefficient (Wildman–Crippen LogP) is 4.80. The molecule has 3 fully saturated rings. The second-order valence-electron chi connectivity index (χ2n) is 10.7. The van der Waals surface area contributed by atoms with E-state index in [0.717, 1.165) is 63.5 Å². The second kappa shape index (κ2) is 13.2. The van der Waals surface area contributed by atoms with Gasteiger partial charge in [-0.2, -0.15) is 0 Å². The van der Waals surface area contributed by atoms with Gasteiger partial charge in [0.2, 0.25) is 5.91 Å². The Morgan fingerprint density at radius 3 is 2.74 bits per heavy atom. The maximum atomic E-state index is 12.5. The average molecular weight is 606 g/mol. The molecule has 6 rings (SSSR count). The van der Waals surface area contributed by atoms with Gasteiger partial charge in [0.05, 0.1) is 50.0 Å². The summed E-state index contributed by atoms with van der Waals surface area (Å²) in [5.41, 5.74) is 3.25. The molecule has 11 nitrogen and oxygen atoms in total. The molecule has 0 aliphatic carbocycles. The fourth-order valence-electron chi connectivity index (χ4n) is 5.97. The van der Waals surface area contributed by atoms with E-state index in [2.05, 4.69) is 37.0 Å². The zero-order chi connectivity index (χ0) is 29.8. The van der Waals surface area contributed by atoms with Gasteiger partial charge in [0.25, 0.3) is 0 Å². The third-order valence-electron chi connectivity index (χ3n) is 8.11. The van der Waals surface area contributed by atoms with Crippen LogP contribution in [-0.2, 0) is 14.4 Å². The van der Waals surface area contributed by atoms with Crippen LogP contribution in [0.2, 0.25) is 5.02 Å². The van der Waals surface area contributed by atoms with Crippen molar-refractivity contribution in [2.45, 2.75) is 24.9 Å². The van der Waals surface area contributed by atoms with E-state index in [-0.39, 0.29) is 11.9 Å². The molecule has 2 N–H and O–H groups in total. The first-order valence-electron chi connectivity index (χ1n) is 14.5. The van der Waals surface area contributed by atoms with Gasteiger partial charge in [-0.3, -0.25) is 14.5 Å². The lowest BCUT2D eigenvalue weighted by molar-refractivity contribution is -0.111. The molecule has 2 unspecified atom stereocenters. The van der Waals surface area contributed by atoms with Gasteiger partial charge >= 0.3 is 0 Å². The molecule has 3 aromatic rings. The zero-order valence-electron chi connectivity index (χ0n) is 24.2. The predicted molar refractivity (Wildman–Crippen MR) is 167 cm³/mol. The number of hydrogen-bond acceptors (Lipinski definition) is 10. The van der Waals surface area contributed by atoms with Crippen molar-refractivity contribution in [3.63, 3.8) is 0 Å². The van der Waals surface area contributed by atoms with Crippen LogP contribution in [0.25, 0.3) is 0 Å². The number of halogens is 1. The fraction of sp³-hybridized carbons (Fsp3) is 0.387. The molecule has 3 aliphatic heterocycles. The first-order chi connectivity index (χ1) is 21.0. The van der Waals surface area contributed by atoms with Gasteiger partial charge in [-0.15, -0.1) is 0 Å². The molecule has 226 valence electrons. The summed E-state index contributed by atoms with van der Waals surface area (Å²) < 4.78 is 11.4. The quantitative estimate of drug-likeness (QED) is 0.331. The third kappa shape index (κ3) is 6.54. The number of aromatic nitrogens is 2. The Hall–Kier alpha value is -3.90. The molecule has 0 bridgehead atoms. The highest BCUT2D eigenvalue weighted by Crippen LogP contribution is 2.41. The number of nitrogens with one attached hydrogen (secondary N) is 2. The van der Waals surface area contributed by atoms with Crippen molar-refractivity contribution in [2.24, 2.45) is 0 Å². The lowest BCUT2D eigenvalue weighted by Gasteiger charge is -2.32. The summed E-state index contributed by atoms with van der Waals surface area (Å²) >= 11 is 6.26. The number of benzene rings is 2. The highest BCUT2D eigenvalue weighted by Gasteiger charge is 2.32. The van der Waals surface area contributed by atoms with E-state index in [9.17, 15) is 4.79 Å². The van der Waals surface area contributed by atoms with Crippen LogP contribution in [0.3, 0.4) is 0 Å². The smallest absolute Gasteiger partial charge is 0.247 e. The minimum Gasteiger partial charge on any atom is -0.494 e. The lowest BCUT2D eigenvalue weighted by Crippen LogP contribution is -2.44. The highest BCUT2D eigenvalue weighted by molar-refractivity contribution is 6.30. The average Bonchev–Trinajstić information content (AvgIpc) is 3.73. The van der Waals surface area contributed by atoms with Crippen LogP contribution in [0.15, 0.2) is 61.4 Å². The number of nitrogens with zero attached hydrogens (tertiary/aromatic N) is 5. The molecule has 2 aromatic carbocycles. The molecular formula is C31H36ClN7O4. The molecule has 0 saturated carbocycles. The summed E-state index contributed by atoms with van der Waals surface area (Å²) in [5, 5.41) is 8.83. The first kappa shape index (κ1) is 29.2. The first-order valence-corrected chi connectivity index (χ1v) is 14.9. The summed E-state index contributed by atoms with van der Waals surface area (Å²) in [4.78, 5) is 32.2. The van der Waals surface area contributed by atoms with Gasteiger partial charge in [0, 0.05) is 55.8 Å². The van der Waals surface area contributed by atoms with E-state index in [0.29, 0.717) is 46.4 Å². The Balaban J connectivity index is 1.26. The maximum Gasteiger partial charge on any atom is 0.247 e. The van der Waals surface area contributed by atoms with Crippen LogP contribution in [-0.4, -0.2) is 79.9 Å². The standard InChI is InChI=1S/C31H36ClN7O4/c1-3-31(40)36-24-16-25(28(41-2)17-27(24)38-9-7-23(19-38)37-10-13-42-14-11-37)35-29-18-30(34-20-33-29)39-26(8-12-43-39)21-5-4-6-22(32)15-21/h3-6,15-18,20,23,26H,1,7-14,19H2,2H3,(H,36,40)(H,33,34,35). The van der Waals surface area contributed by atoms with Crippen molar-refractivity contribution in [3.8, 4) is 5.75 Å². The Bertz CT molecular complexity index is 1470. The van der Waals surface area contributed by atoms with E-state index >= 15 is 0 Å². The molecule has 1 aromatic heterocycles. The Morgan fingerprint density at radius 2 is 1.95 bits per heavy atom. The van der Waals surface area contributed by atoms with Crippen LogP contribution in [0.1, 0.15) is 24.4 Å². The van der Waals surface area contributed by atoms with Crippen molar-refractivity contribution in [1.29, 1.82) is 0 Å². The number of amides is 1. The van der Waals surface area contributed by atoms with Crippen molar-refractivity contribution in [2.75, 3.05) is 73.7 Å². The number of hydrogen-bond donors (Lipinski definition) is 2. The maximum absolute atomic E-state index is 12.5. The van der Waals surface area contributed by atoms with Crippen molar-refractivity contribution < 1.29 is 19.1 Å². The zero-order valence-corrected chi connectivity index (χ0v) is 24.9. The molecule has 12 heteroatoms. The number of rotatable bonds is 9. The molecule has 0 radical (unpaired) electrons. The van der Waals surface area contributed by atoms with E-state index in [1.54, 1.807) is 12.2 Å². The van der Waals surface area contributed by atoms with Crippen molar-refractivity contribution >= 4 is 46.2 Å². The lowest BCUT2D eigenvalue weighted by atomic mass is 10.0. The van der Waals surface area contributed by atoms with E-state index < -0.39 is 0 Å². The van der Waals surface area contributed by atoms with Crippen LogP contribution in [0.5, 0.6) is 5.75 Å². The summed E-state index contributed by atoms with van der Waals surface area (Å²) in [6.07, 6.45) is 4.60. The van der Waals surface area contributed by atoms with Gasteiger partial charge in [0.1, 0.15) is 17.9 Å². The minimum atomic E-state index is -0.288. The van der Waals surface area contributed by atoms with Crippen molar-refractivity contribution in [1.82, 2.24) is 14.9 Å². The van der Waals surface area contributed by atoms with Crippen LogP contribution in [0, 0.1) is 0 Å². The van der Waals surface area contributed by atoms with Gasteiger partial charge in [-0.1, -0.05) is 30.3 Å². The monoisotopic (exact) mass is 605 g/mol. The van der Waals surface area contributed by atoms with E-state index in [1.165, 1.54) is 12.4 Å². The van der Waals surface area contributed by atoms with Crippen LogP contribution < -0.4 is 25.3 Å². The number of anilines is 5. The number of hydroxylamine groups is 1. The Morgan fingerprint density at radius 1 is 1.09 bits per heavy atom. The van der Waals surface area contributed by atoms with Crippen molar-refractivity contribution in [3.05, 3.63) is 72.0 Å². The van der Waals surface area contributed by atoms with Gasteiger partial charge in [0.15, 0.2) is 5.82 Å². The molecule has 1 amide bonds. The Kier molecular flexibility index (Phi) is 8.94. The normalized spacial score (nSPS) is 20.7. The van der Waals surface area contributed by atoms with E-state index in [1.807, 2.05) is 42.5 Å². The van der Waals surface area contributed by atoms with Crippen LogP contribution in [0.4, 0.5) is 28.7 Å². The summed E-state index contributed by atoms with van der Waals surface area (Å²) in [7, 11) is 1.63. The molecule has 4 heterocycles. The number of carbonyl (C=O) groups excluding carboxylic acids is 1. The highest BCUT2D eigenvalue weighted by atomic mass is 35.5. The van der Waals surface area contributed by atoms with E-state index in [4.69, 9.17) is 25.9 Å². The topological polar surface area (TPSA) is 104 Å². The number of carbonyl (C=O) groups is 1. The summed E-state index contributed by atoms with van der Waals surface area (Å²) in [6.45, 7) is 9.33. The third-order valence-corrected chi connectivity index (χ3v) is 8.34. The molecule has 2 atom stereocenters. The van der Waals surface area contributed by atoms with Gasteiger partial charge in [-0.25, -0.2) is 15.0 Å². The number of methoxy groups -OCH3 is 1. The van der Waals surface area contributed by atoms with Crippen LogP contribution >= 0.6 is 11.6 Å². The molecule has 3 saturated heterocycles.